The van der Waals surface area contributed by atoms with Crippen LogP contribution in [-0.2, 0) is 9.59 Å². The van der Waals surface area contributed by atoms with Crippen molar-refractivity contribution in [2.75, 3.05) is 19.6 Å². The van der Waals surface area contributed by atoms with Crippen molar-refractivity contribution in [1.29, 1.82) is 0 Å². The smallest absolute Gasteiger partial charge is 0.275 e. The molecule has 0 saturated heterocycles. The summed E-state index contributed by atoms with van der Waals surface area (Å²) in [5.74, 6) is 0.208. The lowest BCUT2D eigenvalue weighted by Crippen LogP contribution is -2.87. The van der Waals surface area contributed by atoms with Gasteiger partial charge in [0.05, 0.1) is 11.4 Å². The van der Waals surface area contributed by atoms with Gasteiger partial charge in [-0.3, -0.25) is 9.59 Å². The predicted octanol–water partition coefficient (Wildman–Crippen LogP) is 2.17. The second kappa shape index (κ2) is 10.8. The lowest BCUT2D eigenvalue weighted by atomic mass is 9.98. The molecule has 5 nitrogen and oxygen atoms in total. The Morgan fingerprint density at radius 1 is 1.04 bits per heavy atom. The number of amides is 2. The van der Waals surface area contributed by atoms with E-state index in [1.165, 1.54) is 16.0 Å². The van der Waals surface area contributed by atoms with Crippen LogP contribution in [0.5, 0.6) is 0 Å². The topological polar surface area (TPSA) is 74.8 Å². The molecular formula is C21H30N3O2S+. The summed E-state index contributed by atoms with van der Waals surface area (Å²) >= 11 is 1.69. The minimum absolute atomic E-state index is 0.0272. The Bertz CT molecular complexity index is 712. The molecular weight excluding hydrogens is 358 g/mol. The molecule has 0 bridgehead atoms. The molecule has 146 valence electrons. The molecule has 1 aromatic heterocycles. The molecule has 6 heteroatoms. The van der Waals surface area contributed by atoms with Crippen molar-refractivity contribution in [2.24, 2.45) is 0 Å². The zero-order valence-corrected chi connectivity index (χ0v) is 17.1. The van der Waals surface area contributed by atoms with E-state index in [1.807, 2.05) is 18.3 Å². The van der Waals surface area contributed by atoms with Crippen LogP contribution >= 0.6 is 11.3 Å². The normalized spacial score (nSPS) is 12.0. The highest BCUT2D eigenvalue weighted by Crippen LogP contribution is 2.24. The van der Waals surface area contributed by atoms with E-state index in [2.05, 4.69) is 60.2 Å². The van der Waals surface area contributed by atoms with Gasteiger partial charge in [0.15, 0.2) is 6.54 Å². The van der Waals surface area contributed by atoms with Crippen LogP contribution in [0.4, 0.5) is 0 Å². The monoisotopic (exact) mass is 388 g/mol. The van der Waals surface area contributed by atoms with Gasteiger partial charge in [-0.2, -0.15) is 0 Å². The van der Waals surface area contributed by atoms with Gasteiger partial charge in [0.1, 0.15) is 6.04 Å². The number of carbonyl (C=O) groups is 2. The van der Waals surface area contributed by atoms with Crippen LogP contribution in [0, 0.1) is 0 Å². The van der Waals surface area contributed by atoms with Crippen LogP contribution in [0.25, 0.3) is 0 Å². The van der Waals surface area contributed by atoms with Crippen LogP contribution in [0.3, 0.4) is 0 Å². The highest BCUT2D eigenvalue weighted by atomic mass is 32.1. The van der Waals surface area contributed by atoms with Gasteiger partial charge in [0, 0.05) is 12.1 Å². The van der Waals surface area contributed by atoms with E-state index in [-0.39, 0.29) is 30.9 Å². The minimum atomic E-state index is -0.149. The molecule has 4 N–H and O–H groups in total. The van der Waals surface area contributed by atoms with Crippen LogP contribution in [0.15, 0.2) is 41.8 Å². The molecule has 1 heterocycles. The number of benzene rings is 1. The maximum Gasteiger partial charge on any atom is 0.275 e. The quantitative estimate of drug-likeness (QED) is 0.583. The largest absolute Gasteiger partial charge is 0.355 e. The SMILES string of the molecule is CCCNC(=O)CNC(=O)C[NH2+][C@@H](c1ccc(C(C)C)cc1)c1cccs1. The molecule has 0 radical (unpaired) electrons. The molecule has 2 rings (SSSR count). The Kier molecular flexibility index (Phi) is 8.48. The summed E-state index contributed by atoms with van der Waals surface area (Å²) < 4.78 is 0. The van der Waals surface area contributed by atoms with Crippen molar-refractivity contribution < 1.29 is 14.9 Å². The van der Waals surface area contributed by atoms with Crippen molar-refractivity contribution in [3.05, 3.63) is 57.8 Å². The first-order chi connectivity index (χ1) is 13.0. The zero-order valence-electron chi connectivity index (χ0n) is 16.3. The van der Waals surface area contributed by atoms with Gasteiger partial charge in [-0.05, 0) is 29.3 Å². The van der Waals surface area contributed by atoms with E-state index in [1.54, 1.807) is 11.3 Å². The molecule has 0 aliphatic carbocycles. The zero-order chi connectivity index (χ0) is 19.6. The number of rotatable bonds is 10. The molecule has 0 unspecified atom stereocenters. The number of hydrogen-bond donors (Lipinski definition) is 3. The number of hydrogen-bond acceptors (Lipinski definition) is 3. The lowest BCUT2D eigenvalue weighted by Gasteiger charge is -2.16. The van der Waals surface area contributed by atoms with Gasteiger partial charge >= 0.3 is 0 Å². The highest BCUT2D eigenvalue weighted by molar-refractivity contribution is 7.10. The first-order valence-electron chi connectivity index (χ1n) is 9.51. The summed E-state index contributed by atoms with van der Waals surface area (Å²) in [6.07, 6.45) is 0.881. The second-order valence-electron chi connectivity index (χ2n) is 6.88. The molecule has 2 amide bonds. The minimum Gasteiger partial charge on any atom is -0.355 e. The van der Waals surface area contributed by atoms with Crippen LogP contribution < -0.4 is 16.0 Å². The van der Waals surface area contributed by atoms with Crippen molar-refractivity contribution >= 4 is 23.2 Å². The van der Waals surface area contributed by atoms with Gasteiger partial charge in [-0.1, -0.05) is 51.1 Å². The van der Waals surface area contributed by atoms with Gasteiger partial charge in [0.25, 0.3) is 5.91 Å². The maximum absolute atomic E-state index is 12.2. The van der Waals surface area contributed by atoms with Crippen molar-refractivity contribution in [3.8, 4) is 0 Å². The number of quaternary nitrogens is 1. The van der Waals surface area contributed by atoms with Crippen LogP contribution in [0.1, 0.15) is 55.2 Å². The second-order valence-corrected chi connectivity index (χ2v) is 7.86. The standard InChI is InChI=1S/C21H29N3O2S/c1-4-11-22-19(25)13-23-20(26)14-24-21(18-6-5-12-27-18)17-9-7-16(8-10-17)15(2)3/h5-10,12,15,21,24H,4,11,13-14H2,1-3H3,(H,22,25)(H,23,26)/p+1/t21-/m0/s1. The van der Waals surface area contributed by atoms with E-state index in [4.69, 9.17) is 0 Å². The van der Waals surface area contributed by atoms with Crippen LogP contribution in [-0.4, -0.2) is 31.4 Å². The third kappa shape index (κ3) is 6.81. The molecule has 0 fully saturated rings. The lowest BCUT2D eigenvalue weighted by molar-refractivity contribution is -0.676. The summed E-state index contributed by atoms with van der Waals surface area (Å²) in [6, 6.07) is 12.8. The molecule has 1 aromatic carbocycles. The van der Waals surface area contributed by atoms with E-state index in [0.717, 1.165) is 6.42 Å². The summed E-state index contributed by atoms with van der Waals surface area (Å²) in [7, 11) is 0. The van der Waals surface area contributed by atoms with Gasteiger partial charge < -0.3 is 16.0 Å². The number of carbonyl (C=O) groups excluding carboxylic acids is 2. The summed E-state index contributed by atoms with van der Waals surface area (Å²) in [5.41, 5.74) is 2.48. The number of nitrogens with two attached hydrogens (primary N) is 1. The molecule has 1 atom stereocenters. The fraction of sp³-hybridized carbons (Fsp3) is 0.429. The fourth-order valence-corrected chi connectivity index (χ4v) is 3.63. The Labute approximate surface area is 165 Å². The maximum atomic E-state index is 12.2. The van der Waals surface area contributed by atoms with Gasteiger partial charge in [-0.15, -0.1) is 11.3 Å². The van der Waals surface area contributed by atoms with E-state index in [9.17, 15) is 9.59 Å². The average Bonchev–Trinajstić information content (AvgIpc) is 3.19. The third-order valence-electron chi connectivity index (χ3n) is 4.37. The first-order valence-corrected chi connectivity index (χ1v) is 10.4. The summed E-state index contributed by atoms with van der Waals surface area (Å²) in [6.45, 7) is 7.28. The Hall–Kier alpha value is -2.18. The molecule has 0 aliphatic rings. The van der Waals surface area contributed by atoms with E-state index >= 15 is 0 Å². The molecule has 0 saturated carbocycles. The Balaban J connectivity index is 1.96. The molecule has 2 aromatic rings. The number of nitrogens with one attached hydrogen (secondary N) is 2. The molecule has 0 spiro atoms. The Morgan fingerprint density at radius 3 is 2.33 bits per heavy atom. The van der Waals surface area contributed by atoms with E-state index < -0.39 is 0 Å². The van der Waals surface area contributed by atoms with Crippen molar-refractivity contribution in [3.63, 3.8) is 0 Å². The third-order valence-corrected chi connectivity index (χ3v) is 5.32. The highest BCUT2D eigenvalue weighted by Gasteiger charge is 2.20. The van der Waals surface area contributed by atoms with Crippen LogP contribution in [0.2, 0.25) is 0 Å². The van der Waals surface area contributed by atoms with Gasteiger partial charge in [-0.25, -0.2) is 0 Å². The van der Waals surface area contributed by atoms with E-state index in [0.29, 0.717) is 12.5 Å². The summed E-state index contributed by atoms with van der Waals surface area (Å²) in [4.78, 5) is 25.0. The number of thiophene rings is 1. The summed E-state index contributed by atoms with van der Waals surface area (Å²) in [5, 5.41) is 9.52. The first kappa shape index (κ1) is 21.1. The van der Waals surface area contributed by atoms with Crippen molar-refractivity contribution in [2.45, 2.75) is 39.2 Å². The fourth-order valence-electron chi connectivity index (χ4n) is 2.78. The predicted molar refractivity (Wildman–Crippen MR) is 110 cm³/mol. The molecule has 27 heavy (non-hydrogen) atoms. The van der Waals surface area contributed by atoms with Gasteiger partial charge in [0.2, 0.25) is 5.91 Å². The average molecular weight is 389 g/mol. The van der Waals surface area contributed by atoms with Crippen molar-refractivity contribution in [1.82, 2.24) is 10.6 Å². The Morgan fingerprint density at radius 2 is 1.74 bits per heavy atom. The molecule has 0 aliphatic heterocycles.